The van der Waals surface area contributed by atoms with E-state index in [2.05, 4.69) is 10.5 Å². The molecule has 0 bridgehead atoms. The number of carbonyl (C=O) groups is 2. The van der Waals surface area contributed by atoms with Gasteiger partial charge in [0.05, 0.1) is 6.04 Å². The number of nitrogens with zero attached hydrogens (tertiary/aromatic N) is 2. The summed E-state index contributed by atoms with van der Waals surface area (Å²) in [4.78, 5) is 31.4. The quantitative estimate of drug-likeness (QED) is 0.445. The zero-order valence-electron chi connectivity index (χ0n) is 17.9. The van der Waals surface area contributed by atoms with Gasteiger partial charge in [0.25, 0.3) is 5.91 Å². The number of hydrogen-bond donors (Lipinski definition) is 2. The number of carbonyl (C=O) groups excluding carboxylic acids is 2. The molecule has 1 saturated heterocycles. The summed E-state index contributed by atoms with van der Waals surface area (Å²) in [6, 6.07) is 5.38. The van der Waals surface area contributed by atoms with Gasteiger partial charge in [-0.05, 0) is 65.0 Å². The van der Waals surface area contributed by atoms with Gasteiger partial charge in [-0.1, -0.05) is 23.4 Å². The van der Waals surface area contributed by atoms with Crippen molar-refractivity contribution >= 4 is 23.5 Å². The Hall–Kier alpha value is -2.77. The van der Waals surface area contributed by atoms with E-state index in [1.165, 1.54) is 0 Å². The molecule has 1 fully saturated rings. The van der Waals surface area contributed by atoms with Crippen molar-refractivity contribution in [1.82, 2.24) is 4.90 Å². The topological polar surface area (TPSA) is 106 Å². The Labute approximate surface area is 172 Å². The number of aryl methyl sites for hydroxylation is 2. The van der Waals surface area contributed by atoms with Crippen LogP contribution in [0.25, 0.3) is 0 Å². The van der Waals surface area contributed by atoms with Crippen molar-refractivity contribution in [1.29, 1.82) is 0 Å². The third kappa shape index (κ3) is 6.66. The second-order valence-corrected chi connectivity index (χ2v) is 8.29. The number of nitrogens with one attached hydrogen (secondary N) is 1. The van der Waals surface area contributed by atoms with Crippen LogP contribution in [0.5, 0.6) is 0 Å². The number of oxime groups is 1. The number of amides is 2. The number of amidine groups is 1. The highest BCUT2D eigenvalue weighted by Gasteiger charge is 2.33. The molecule has 0 unspecified atom stereocenters. The molecule has 1 atom stereocenters. The summed E-state index contributed by atoms with van der Waals surface area (Å²) in [5.74, 6) is -0.165. The van der Waals surface area contributed by atoms with E-state index in [0.717, 1.165) is 29.7 Å². The summed E-state index contributed by atoms with van der Waals surface area (Å²) in [6.45, 7) is 9.58. The molecule has 1 heterocycles. The zero-order chi connectivity index (χ0) is 21.6. The Morgan fingerprint density at radius 3 is 2.52 bits per heavy atom. The standard InChI is InChI=1S/C21H32N4O4/c1-14-9-8-10-15(2)18(14)23-17(26)13-28-24-19(22)16-11-6-7-12-25(16)20(27)29-21(3,4)5/h8-10,16H,6-7,11-13H2,1-5H3,(H2,22,24)(H,23,26)/t16-/m0/s1. The number of rotatable bonds is 5. The first-order chi connectivity index (χ1) is 13.6. The summed E-state index contributed by atoms with van der Waals surface area (Å²) < 4.78 is 5.46. The molecule has 29 heavy (non-hydrogen) atoms. The number of hydrogen-bond acceptors (Lipinski definition) is 5. The van der Waals surface area contributed by atoms with E-state index in [-0.39, 0.29) is 18.3 Å². The second-order valence-electron chi connectivity index (χ2n) is 8.29. The van der Waals surface area contributed by atoms with Crippen LogP contribution in [-0.2, 0) is 14.4 Å². The molecule has 0 aliphatic carbocycles. The van der Waals surface area contributed by atoms with Crippen LogP contribution in [0.2, 0.25) is 0 Å². The minimum absolute atomic E-state index is 0.162. The molecular weight excluding hydrogens is 372 g/mol. The van der Waals surface area contributed by atoms with Crippen molar-refractivity contribution < 1.29 is 19.2 Å². The average Bonchev–Trinajstić information content (AvgIpc) is 2.63. The fraction of sp³-hybridized carbons (Fsp3) is 0.571. The molecule has 0 saturated carbocycles. The summed E-state index contributed by atoms with van der Waals surface area (Å²) >= 11 is 0. The molecule has 3 N–H and O–H groups in total. The number of piperidine rings is 1. The summed E-state index contributed by atoms with van der Waals surface area (Å²) in [5.41, 5.74) is 8.18. The van der Waals surface area contributed by atoms with E-state index in [4.69, 9.17) is 15.3 Å². The van der Waals surface area contributed by atoms with Crippen LogP contribution in [-0.4, -0.2) is 47.5 Å². The van der Waals surface area contributed by atoms with Crippen LogP contribution < -0.4 is 11.1 Å². The number of likely N-dealkylation sites (tertiary alicyclic amines) is 1. The molecule has 0 radical (unpaired) electrons. The Kier molecular flexibility index (Phi) is 7.47. The van der Waals surface area contributed by atoms with Crippen molar-refractivity contribution in [2.75, 3.05) is 18.5 Å². The maximum absolute atomic E-state index is 12.5. The van der Waals surface area contributed by atoms with Gasteiger partial charge in [-0.2, -0.15) is 0 Å². The van der Waals surface area contributed by atoms with Crippen LogP contribution in [0.4, 0.5) is 10.5 Å². The van der Waals surface area contributed by atoms with Gasteiger partial charge in [0.2, 0.25) is 0 Å². The minimum atomic E-state index is -0.590. The maximum atomic E-state index is 12.5. The van der Waals surface area contributed by atoms with Gasteiger partial charge >= 0.3 is 6.09 Å². The molecule has 8 nitrogen and oxygen atoms in total. The number of para-hydroxylation sites is 1. The molecule has 1 aliphatic rings. The number of ether oxygens (including phenoxy) is 1. The van der Waals surface area contributed by atoms with Gasteiger partial charge in [0.15, 0.2) is 12.4 Å². The molecule has 1 aromatic rings. The summed E-state index contributed by atoms with van der Waals surface area (Å²) in [5, 5.41) is 6.71. The summed E-state index contributed by atoms with van der Waals surface area (Å²) in [7, 11) is 0. The first kappa shape index (κ1) is 22.5. The molecule has 0 spiro atoms. The Bertz CT molecular complexity index is 750. The number of anilines is 1. The monoisotopic (exact) mass is 404 g/mol. The molecule has 0 aromatic heterocycles. The van der Waals surface area contributed by atoms with E-state index >= 15 is 0 Å². The van der Waals surface area contributed by atoms with Gasteiger partial charge in [-0.15, -0.1) is 0 Å². The number of benzene rings is 1. The fourth-order valence-corrected chi connectivity index (χ4v) is 3.19. The minimum Gasteiger partial charge on any atom is -0.444 e. The third-order valence-electron chi connectivity index (χ3n) is 4.58. The van der Waals surface area contributed by atoms with Crippen LogP contribution >= 0.6 is 0 Å². The molecule has 2 rings (SSSR count). The van der Waals surface area contributed by atoms with Crippen molar-refractivity contribution in [2.24, 2.45) is 10.9 Å². The van der Waals surface area contributed by atoms with Crippen molar-refractivity contribution in [3.05, 3.63) is 29.3 Å². The second kappa shape index (κ2) is 9.62. The van der Waals surface area contributed by atoms with E-state index in [9.17, 15) is 9.59 Å². The van der Waals surface area contributed by atoms with Crippen molar-refractivity contribution in [2.45, 2.75) is 65.5 Å². The average molecular weight is 405 g/mol. The molecular formula is C21H32N4O4. The van der Waals surface area contributed by atoms with Crippen molar-refractivity contribution in [3.63, 3.8) is 0 Å². The lowest BCUT2D eigenvalue weighted by atomic mass is 10.0. The van der Waals surface area contributed by atoms with Crippen LogP contribution in [0, 0.1) is 13.8 Å². The molecule has 2 amide bonds. The highest BCUT2D eigenvalue weighted by Crippen LogP contribution is 2.21. The smallest absolute Gasteiger partial charge is 0.410 e. The highest BCUT2D eigenvalue weighted by molar-refractivity contribution is 5.93. The van der Waals surface area contributed by atoms with E-state index in [1.54, 1.807) is 4.90 Å². The van der Waals surface area contributed by atoms with Gasteiger partial charge in [-0.3, -0.25) is 9.69 Å². The molecule has 1 aliphatic heterocycles. The van der Waals surface area contributed by atoms with Crippen molar-refractivity contribution in [3.8, 4) is 0 Å². The lowest BCUT2D eigenvalue weighted by Crippen LogP contribution is -2.52. The van der Waals surface area contributed by atoms with Crippen LogP contribution in [0.1, 0.15) is 51.2 Å². The van der Waals surface area contributed by atoms with E-state index in [1.807, 2.05) is 52.8 Å². The fourth-order valence-electron chi connectivity index (χ4n) is 3.19. The predicted octanol–water partition coefficient (Wildman–Crippen LogP) is 3.32. The first-order valence-electron chi connectivity index (χ1n) is 9.89. The Morgan fingerprint density at radius 2 is 1.90 bits per heavy atom. The van der Waals surface area contributed by atoms with Crippen LogP contribution in [0.15, 0.2) is 23.4 Å². The third-order valence-corrected chi connectivity index (χ3v) is 4.58. The van der Waals surface area contributed by atoms with Gasteiger partial charge in [0, 0.05) is 12.2 Å². The maximum Gasteiger partial charge on any atom is 0.410 e. The number of nitrogens with two attached hydrogens (primary N) is 1. The van der Waals surface area contributed by atoms with Gasteiger partial charge in [-0.25, -0.2) is 4.79 Å². The van der Waals surface area contributed by atoms with Crippen LogP contribution in [0.3, 0.4) is 0 Å². The SMILES string of the molecule is Cc1cccc(C)c1NC(=O)CO/N=C(\N)[C@@H]1CCCCN1C(=O)OC(C)(C)C. The lowest BCUT2D eigenvalue weighted by molar-refractivity contribution is -0.120. The molecule has 8 heteroatoms. The predicted molar refractivity (Wildman–Crippen MR) is 113 cm³/mol. The Balaban J connectivity index is 1.95. The van der Waals surface area contributed by atoms with E-state index < -0.39 is 17.7 Å². The van der Waals surface area contributed by atoms with Gasteiger partial charge in [0.1, 0.15) is 5.60 Å². The largest absolute Gasteiger partial charge is 0.444 e. The lowest BCUT2D eigenvalue weighted by Gasteiger charge is -2.36. The zero-order valence-corrected chi connectivity index (χ0v) is 17.9. The first-order valence-corrected chi connectivity index (χ1v) is 9.89. The molecule has 1 aromatic carbocycles. The summed E-state index contributed by atoms with van der Waals surface area (Å²) in [6.07, 6.45) is 2.05. The normalized spacial score (nSPS) is 17.6. The van der Waals surface area contributed by atoms with E-state index in [0.29, 0.717) is 13.0 Å². The highest BCUT2D eigenvalue weighted by atomic mass is 16.6. The molecule has 160 valence electrons. The van der Waals surface area contributed by atoms with Gasteiger partial charge < -0.3 is 20.6 Å². The Morgan fingerprint density at radius 1 is 1.24 bits per heavy atom.